The van der Waals surface area contributed by atoms with Crippen LogP contribution in [0.5, 0.6) is 0 Å². The summed E-state index contributed by atoms with van der Waals surface area (Å²) < 4.78 is 4.81. The number of rotatable bonds is 3. The number of methoxy groups -OCH3 is 1. The van der Waals surface area contributed by atoms with Crippen molar-refractivity contribution in [3.05, 3.63) is 35.4 Å². The lowest BCUT2D eigenvalue weighted by Gasteiger charge is -2.23. The number of carbonyl (C=O) groups excluding carboxylic acids is 1. The van der Waals surface area contributed by atoms with E-state index in [1.54, 1.807) is 0 Å². The second-order valence-corrected chi connectivity index (χ2v) is 4.55. The van der Waals surface area contributed by atoms with Crippen molar-refractivity contribution >= 4 is 5.97 Å². The van der Waals surface area contributed by atoms with Crippen LogP contribution in [0.15, 0.2) is 24.3 Å². The fourth-order valence-corrected chi connectivity index (χ4v) is 2.40. The third-order valence-electron chi connectivity index (χ3n) is 3.39. The zero-order valence-electron chi connectivity index (χ0n) is 10.2. The van der Waals surface area contributed by atoms with E-state index in [1.165, 1.54) is 20.0 Å². The Hall–Kier alpha value is -1.35. The zero-order valence-corrected chi connectivity index (χ0v) is 10.2. The molecule has 1 saturated heterocycles. The highest BCUT2D eigenvalue weighted by Crippen LogP contribution is 2.20. The SMILES string of the molecule is COC(=O)c1ccccc1CC1CCNCC1. The highest BCUT2D eigenvalue weighted by molar-refractivity contribution is 5.90. The Kier molecular flexibility index (Phi) is 4.15. The number of ether oxygens (including phenoxy) is 1. The van der Waals surface area contributed by atoms with E-state index in [9.17, 15) is 4.79 Å². The highest BCUT2D eigenvalue weighted by atomic mass is 16.5. The quantitative estimate of drug-likeness (QED) is 0.812. The van der Waals surface area contributed by atoms with Crippen LogP contribution in [-0.2, 0) is 11.2 Å². The number of esters is 1. The first-order chi connectivity index (χ1) is 8.31. The van der Waals surface area contributed by atoms with Gasteiger partial charge in [-0.3, -0.25) is 0 Å². The van der Waals surface area contributed by atoms with Crippen molar-refractivity contribution in [2.45, 2.75) is 19.3 Å². The number of nitrogens with one attached hydrogen (secondary N) is 1. The lowest BCUT2D eigenvalue weighted by Crippen LogP contribution is -2.29. The summed E-state index contributed by atoms with van der Waals surface area (Å²) in [5.74, 6) is 0.455. The number of hydrogen-bond donors (Lipinski definition) is 1. The summed E-state index contributed by atoms with van der Waals surface area (Å²) in [4.78, 5) is 11.6. The molecular weight excluding hydrogens is 214 g/mol. The Balaban J connectivity index is 2.11. The minimum atomic E-state index is -0.227. The molecule has 0 radical (unpaired) electrons. The first kappa shape index (κ1) is 12.1. The summed E-state index contributed by atoms with van der Waals surface area (Å²) in [6, 6.07) is 7.76. The van der Waals surface area contributed by atoms with Crippen LogP contribution in [0.4, 0.5) is 0 Å². The van der Waals surface area contributed by atoms with Crippen LogP contribution in [0.2, 0.25) is 0 Å². The molecule has 1 heterocycles. The van der Waals surface area contributed by atoms with Crippen LogP contribution in [0.3, 0.4) is 0 Å². The third kappa shape index (κ3) is 3.07. The molecule has 92 valence electrons. The maximum Gasteiger partial charge on any atom is 0.338 e. The Morgan fingerprint density at radius 2 is 2.06 bits per heavy atom. The largest absolute Gasteiger partial charge is 0.465 e. The fraction of sp³-hybridized carbons (Fsp3) is 0.500. The summed E-state index contributed by atoms with van der Waals surface area (Å²) in [7, 11) is 1.43. The fourth-order valence-electron chi connectivity index (χ4n) is 2.40. The second-order valence-electron chi connectivity index (χ2n) is 4.55. The van der Waals surface area contributed by atoms with Gasteiger partial charge < -0.3 is 10.1 Å². The molecular formula is C14H19NO2. The van der Waals surface area contributed by atoms with Gasteiger partial charge in [0.1, 0.15) is 0 Å². The van der Waals surface area contributed by atoms with Gasteiger partial charge >= 0.3 is 5.97 Å². The first-order valence-corrected chi connectivity index (χ1v) is 6.18. The normalized spacial score (nSPS) is 16.8. The summed E-state index contributed by atoms with van der Waals surface area (Å²) in [5, 5.41) is 3.36. The van der Waals surface area contributed by atoms with Gasteiger partial charge in [0.2, 0.25) is 0 Å². The van der Waals surface area contributed by atoms with E-state index in [1.807, 2.05) is 24.3 Å². The number of benzene rings is 1. The van der Waals surface area contributed by atoms with Gasteiger partial charge in [0.05, 0.1) is 12.7 Å². The molecule has 0 aromatic heterocycles. The summed E-state index contributed by atoms with van der Waals surface area (Å²) in [6.07, 6.45) is 3.36. The number of hydrogen-bond acceptors (Lipinski definition) is 3. The van der Waals surface area contributed by atoms with Crippen molar-refractivity contribution in [1.29, 1.82) is 0 Å². The van der Waals surface area contributed by atoms with Crippen LogP contribution in [-0.4, -0.2) is 26.2 Å². The third-order valence-corrected chi connectivity index (χ3v) is 3.39. The molecule has 1 N–H and O–H groups in total. The molecule has 1 aromatic rings. The minimum absolute atomic E-state index is 0.227. The molecule has 1 aliphatic rings. The van der Waals surface area contributed by atoms with Crippen LogP contribution in [0, 0.1) is 5.92 Å². The summed E-state index contributed by atoms with van der Waals surface area (Å²) >= 11 is 0. The van der Waals surface area contributed by atoms with Crippen molar-refractivity contribution < 1.29 is 9.53 Å². The van der Waals surface area contributed by atoms with E-state index in [-0.39, 0.29) is 5.97 Å². The summed E-state index contributed by atoms with van der Waals surface area (Å²) in [5.41, 5.74) is 1.83. The van der Waals surface area contributed by atoms with E-state index in [4.69, 9.17) is 4.74 Å². The van der Waals surface area contributed by atoms with Gasteiger partial charge in [0, 0.05) is 0 Å². The van der Waals surface area contributed by atoms with Crippen LogP contribution in [0.25, 0.3) is 0 Å². The van der Waals surface area contributed by atoms with Crippen molar-refractivity contribution in [2.75, 3.05) is 20.2 Å². The first-order valence-electron chi connectivity index (χ1n) is 6.18. The number of piperidine rings is 1. The van der Waals surface area contributed by atoms with Crippen LogP contribution in [0.1, 0.15) is 28.8 Å². The smallest absolute Gasteiger partial charge is 0.338 e. The number of carbonyl (C=O) groups is 1. The molecule has 17 heavy (non-hydrogen) atoms. The van der Waals surface area contributed by atoms with Gasteiger partial charge in [-0.2, -0.15) is 0 Å². The Labute approximate surface area is 102 Å². The van der Waals surface area contributed by atoms with E-state index in [0.717, 1.165) is 25.1 Å². The van der Waals surface area contributed by atoms with Crippen molar-refractivity contribution in [2.24, 2.45) is 5.92 Å². The molecule has 3 nitrogen and oxygen atoms in total. The van der Waals surface area contributed by atoms with Crippen molar-refractivity contribution in [3.63, 3.8) is 0 Å². The molecule has 2 rings (SSSR count). The molecule has 0 bridgehead atoms. The monoisotopic (exact) mass is 233 g/mol. The van der Waals surface area contributed by atoms with E-state index in [2.05, 4.69) is 5.32 Å². The van der Waals surface area contributed by atoms with Gasteiger partial charge in [0.25, 0.3) is 0 Å². The Morgan fingerprint density at radius 3 is 2.76 bits per heavy atom. The van der Waals surface area contributed by atoms with Crippen molar-refractivity contribution in [3.8, 4) is 0 Å². The van der Waals surface area contributed by atoms with Gasteiger partial charge in [-0.15, -0.1) is 0 Å². The predicted octanol–water partition coefficient (Wildman–Crippen LogP) is 2.02. The maximum atomic E-state index is 11.6. The Bertz CT molecular complexity index is 384. The van der Waals surface area contributed by atoms with Gasteiger partial charge in [-0.1, -0.05) is 18.2 Å². The average molecular weight is 233 g/mol. The molecule has 3 heteroatoms. The van der Waals surface area contributed by atoms with Gasteiger partial charge in [0.15, 0.2) is 0 Å². The standard InChI is InChI=1S/C14H19NO2/c1-17-14(16)13-5-3-2-4-12(13)10-11-6-8-15-9-7-11/h2-5,11,15H,6-10H2,1H3. The van der Waals surface area contributed by atoms with Crippen LogP contribution >= 0.6 is 0 Å². The molecule has 0 saturated carbocycles. The van der Waals surface area contributed by atoms with Gasteiger partial charge in [-0.25, -0.2) is 4.79 Å². The second kappa shape index (κ2) is 5.82. The van der Waals surface area contributed by atoms with Crippen molar-refractivity contribution in [1.82, 2.24) is 5.32 Å². The molecule has 0 atom stereocenters. The predicted molar refractivity (Wildman–Crippen MR) is 67.1 cm³/mol. The highest BCUT2D eigenvalue weighted by Gasteiger charge is 2.17. The molecule has 1 aliphatic heterocycles. The van der Waals surface area contributed by atoms with Gasteiger partial charge in [-0.05, 0) is 49.9 Å². The lowest BCUT2D eigenvalue weighted by atomic mass is 9.89. The molecule has 0 unspecified atom stereocenters. The average Bonchev–Trinajstić information content (AvgIpc) is 2.40. The topological polar surface area (TPSA) is 38.3 Å². The lowest BCUT2D eigenvalue weighted by molar-refractivity contribution is 0.0599. The molecule has 1 aromatic carbocycles. The maximum absolute atomic E-state index is 11.6. The van der Waals surface area contributed by atoms with Crippen LogP contribution < -0.4 is 5.32 Å². The zero-order chi connectivity index (χ0) is 12.1. The van der Waals surface area contributed by atoms with E-state index in [0.29, 0.717) is 11.5 Å². The minimum Gasteiger partial charge on any atom is -0.465 e. The molecule has 0 aliphatic carbocycles. The summed E-state index contributed by atoms with van der Waals surface area (Å²) in [6.45, 7) is 2.18. The molecule has 0 amide bonds. The van der Waals surface area contributed by atoms with E-state index < -0.39 is 0 Å². The Morgan fingerprint density at radius 1 is 1.35 bits per heavy atom. The molecule has 1 fully saturated rings. The van der Waals surface area contributed by atoms with E-state index >= 15 is 0 Å². The molecule has 0 spiro atoms.